The summed E-state index contributed by atoms with van der Waals surface area (Å²) in [6, 6.07) is 0. The summed E-state index contributed by atoms with van der Waals surface area (Å²) < 4.78 is 35.7. The first-order chi connectivity index (χ1) is 7.97. The molecule has 0 aromatic rings. The lowest BCUT2D eigenvalue weighted by molar-refractivity contribution is -0.0897. The highest BCUT2D eigenvalue weighted by molar-refractivity contribution is 7.53. The van der Waals surface area contributed by atoms with Crippen LogP contribution in [-0.2, 0) is 27.8 Å². The molecule has 0 aliphatic heterocycles. The van der Waals surface area contributed by atoms with Crippen molar-refractivity contribution in [1.82, 2.24) is 0 Å². The van der Waals surface area contributed by atoms with Crippen molar-refractivity contribution in [3.63, 3.8) is 0 Å². The maximum atomic E-state index is 11.9. The predicted octanol–water partition coefficient (Wildman–Crippen LogP) is 2.36. The van der Waals surface area contributed by atoms with Crippen molar-refractivity contribution in [3.8, 4) is 0 Å². The van der Waals surface area contributed by atoms with Gasteiger partial charge in [-0.1, -0.05) is 0 Å². The van der Waals surface area contributed by atoms with Gasteiger partial charge in [-0.3, -0.25) is 4.57 Å². The summed E-state index contributed by atoms with van der Waals surface area (Å²) >= 11 is 0. The van der Waals surface area contributed by atoms with E-state index in [4.69, 9.17) is 13.8 Å². The summed E-state index contributed by atoms with van der Waals surface area (Å²) in [5.41, 5.74) is 0. The molecule has 1 unspecified atom stereocenters. The van der Waals surface area contributed by atoms with E-state index < -0.39 is 26.4 Å². The van der Waals surface area contributed by atoms with Gasteiger partial charge in [-0.25, -0.2) is 4.79 Å². The van der Waals surface area contributed by atoms with Crippen LogP contribution in [0.15, 0.2) is 0 Å². The van der Waals surface area contributed by atoms with Crippen molar-refractivity contribution in [2.45, 2.75) is 27.1 Å². The maximum Gasteiger partial charge on any atom is 0.511 e. The molecule has 0 saturated carbocycles. The molecule has 0 aliphatic rings. The van der Waals surface area contributed by atoms with Crippen molar-refractivity contribution >= 4 is 13.8 Å². The minimum Gasteiger partial charge on any atom is -0.421 e. The van der Waals surface area contributed by atoms with Gasteiger partial charge in [-0.05, 0) is 20.8 Å². The first-order valence-corrected chi connectivity index (χ1v) is 6.94. The van der Waals surface area contributed by atoms with Crippen molar-refractivity contribution in [1.29, 1.82) is 0 Å². The number of hydrogen-bond acceptors (Lipinski definition) is 7. The molecule has 0 N–H and O–H groups in total. The van der Waals surface area contributed by atoms with Crippen LogP contribution in [0.3, 0.4) is 0 Å². The highest BCUT2D eigenvalue weighted by atomic mass is 31.2. The average Bonchev–Trinajstić information content (AvgIpc) is 2.27. The number of rotatable bonds is 8. The fourth-order valence-corrected chi connectivity index (χ4v) is 2.13. The van der Waals surface area contributed by atoms with Crippen LogP contribution in [0.2, 0.25) is 0 Å². The van der Waals surface area contributed by atoms with Gasteiger partial charge >= 0.3 is 13.8 Å². The van der Waals surface area contributed by atoms with E-state index in [-0.39, 0.29) is 13.2 Å². The van der Waals surface area contributed by atoms with E-state index in [1.165, 1.54) is 14.0 Å². The molecule has 0 rings (SSSR count). The number of carbonyl (C=O) groups excluding carboxylic acids is 1. The van der Waals surface area contributed by atoms with Crippen LogP contribution >= 0.6 is 7.60 Å². The third kappa shape index (κ3) is 7.33. The Kier molecular flexibility index (Phi) is 8.16. The molecule has 0 heterocycles. The largest absolute Gasteiger partial charge is 0.511 e. The van der Waals surface area contributed by atoms with Crippen LogP contribution in [0, 0.1) is 0 Å². The van der Waals surface area contributed by atoms with E-state index in [0.717, 1.165) is 0 Å². The minimum atomic E-state index is -3.39. The van der Waals surface area contributed by atoms with Crippen LogP contribution in [0.4, 0.5) is 4.79 Å². The highest BCUT2D eigenvalue weighted by Gasteiger charge is 2.26. The zero-order valence-electron chi connectivity index (χ0n) is 10.5. The van der Waals surface area contributed by atoms with Crippen molar-refractivity contribution in [2.24, 2.45) is 0 Å². The molecule has 0 spiro atoms. The molecule has 0 aliphatic carbocycles. The number of hydrogen-bond donors (Lipinski definition) is 0. The Labute approximate surface area is 101 Å². The molecule has 102 valence electrons. The topological polar surface area (TPSA) is 80.3 Å². The molecule has 0 radical (unpaired) electrons. The molecule has 0 bridgehead atoms. The third-order valence-electron chi connectivity index (χ3n) is 1.59. The van der Waals surface area contributed by atoms with Crippen LogP contribution in [-0.4, -0.2) is 39.1 Å². The quantitative estimate of drug-likeness (QED) is 0.380. The maximum absolute atomic E-state index is 11.9. The Morgan fingerprint density at radius 2 is 1.76 bits per heavy atom. The molecule has 0 fully saturated rings. The molecule has 8 heteroatoms. The predicted molar refractivity (Wildman–Crippen MR) is 59.8 cm³/mol. The van der Waals surface area contributed by atoms with Crippen molar-refractivity contribution < 1.29 is 32.6 Å². The fraction of sp³-hybridized carbons (Fsp3) is 0.889. The Morgan fingerprint density at radius 3 is 2.18 bits per heavy atom. The monoisotopic (exact) mass is 270 g/mol. The molecule has 0 aromatic carbocycles. The standard InChI is InChI=1S/C9H19O7P/c1-5-14-17(11,15-6-2)7-13-9(10)16-8(3)12-4/h8H,5-7H2,1-4H3. The second-order valence-electron chi connectivity index (χ2n) is 2.89. The number of ether oxygens (including phenoxy) is 3. The van der Waals surface area contributed by atoms with Gasteiger partial charge in [0.2, 0.25) is 6.29 Å². The zero-order valence-corrected chi connectivity index (χ0v) is 11.4. The third-order valence-corrected chi connectivity index (χ3v) is 3.33. The summed E-state index contributed by atoms with van der Waals surface area (Å²) in [5.74, 6) is 0. The Balaban J connectivity index is 4.12. The SMILES string of the molecule is CCOP(=O)(COC(=O)OC(C)OC)OCC. The lowest BCUT2D eigenvalue weighted by atomic mass is 10.8. The van der Waals surface area contributed by atoms with Gasteiger partial charge < -0.3 is 23.3 Å². The summed E-state index contributed by atoms with van der Waals surface area (Å²) in [4.78, 5) is 11.1. The molecular weight excluding hydrogens is 251 g/mol. The Hall–Kier alpha value is -0.620. The average molecular weight is 270 g/mol. The van der Waals surface area contributed by atoms with E-state index >= 15 is 0 Å². The first kappa shape index (κ1) is 16.4. The summed E-state index contributed by atoms with van der Waals surface area (Å²) in [7, 11) is -2.01. The van der Waals surface area contributed by atoms with Crippen LogP contribution in [0.1, 0.15) is 20.8 Å². The molecule has 0 amide bonds. The zero-order chi connectivity index (χ0) is 13.3. The second kappa shape index (κ2) is 8.47. The lowest BCUT2D eigenvalue weighted by Crippen LogP contribution is -2.18. The number of carbonyl (C=O) groups is 1. The number of methoxy groups -OCH3 is 1. The van der Waals surface area contributed by atoms with E-state index in [2.05, 4.69) is 9.47 Å². The Bertz CT molecular complexity index is 258. The van der Waals surface area contributed by atoms with Crippen LogP contribution in [0.25, 0.3) is 0 Å². The van der Waals surface area contributed by atoms with Gasteiger partial charge in [-0.15, -0.1) is 0 Å². The molecule has 1 atom stereocenters. The molecule has 0 saturated heterocycles. The highest BCUT2D eigenvalue weighted by Crippen LogP contribution is 2.47. The second-order valence-corrected chi connectivity index (χ2v) is 4.89. The van der Waals surface area contributed by atoms with E-state index in [0.29, 0.717) is 0 Å². The summed E-state index contributed by atoms with van der Waals surface area (Å²) in [6.45, 7) is 5.24. The van der Waals surface area contributed by atoms with Gasteiger partial charge in [0.25, 0.3) is 0 Å². The smallest absolute Gasteiger partial charge is 0.421 e. The molecule has 0 aromatic heterocycles. The van der Waals surface area contributed by atoms with E-state index in [1.54, 1.807) is 13.8 Å². The van der Waals surface area contributed by atoms with E-state index in [1.807, 2.05) is 0 Å². The van der Waals surface area contributed by atoms with Crippen LogP contribution < -0.4 is 0 Å². The molecule has 7 nitrogen and oxygen atoms in total. The summed E-state index contributed by atoms with van der Waals surface area (Å²) in [6.07, 6.45) is -2.20. The first-order valence-electron chi connectivity index (χ1n) is 5.21. The van der Waals surface area contributed by atoms with Gasteiger partial charge in [0.1, 0.15) is 0 Å². The lowest BCUT2D eigenvalue weighted by Gasteiger charge is -2.17. The van der Waals surface area contributed by atoms with Gasteiger partial charge in [0.05, 0.1) is 13.2 Å². The summed E-state index contributed by atoms with van der Waals surface area (Å²) in [5, 5.41) is 0. The molecule has 17 heavy (non-hydrogen) atoms. The fourth-order valence-electron chi connectivity index (χ4n) is 0.855. The Morgan fingerprint density at radius 1 is 1.24 bits per heavy atom. The van der Waals surface area contributed by atoms with Crippen LogP contribution in [0.5, 0.6) is 0 Å². The van der Waals surface area contributed by atoms with Gasteiger partial charge in [0, 0.05) is 7.11 Å². The molecular formula is C9H19O7P. The minimum absolute atomic E-state index is 0.199. The normalized spacial score (nSPS) is 13.2. The van der Waals surface area contributed by atoms with E-state index in [9.17, 15) is 9.36 Å². The van der Waals surface area contributed by atoms with Gasteiger partial charge in [-0.2, -0.15) is 0 Å². The van der Waals surface area contributed by atoms with Crippen molar-refractivity contribution in [3.05, 3.63) is 0 Å². The van der Waals surface area contributed by atoms with Gasteiger partial charge in [0.15, 0.2) is 6.35 Å². The van der Waals surface area contributed by atoms with Crippen molar-refractivity contribution in [2.75, 3.05) is 26.7 Å².